The first-order chi connectivity index (χ1) is 11.2. The predicted octanol–water partition coefficient (Wildman–Crippen LogP) is 3.12. The summed E-state index contributed by atoms with van der Waals surface area (Å²) in [6.07, 6.45) is 0. The standard InChI is InChI=1S/C16H13N3O3S/c1-2-22-16(21)11-5-3-4-6-12(11)17-15(20)10-7-8-13-14(9-10)23-19-18-13/h3-9H,2H2,1H3,(H,17,20). The molecule has 1 N–H and O–H groups in total. The molecular formula is C16H13N3O3S. The largest absolute Gasteiger partial charge is 0.462 e. The normalized spacial score (nSPS) is 10.5. The summed E-state index contributed by atoms with van der Waals surface area (Å²) in [7, 11) is 0. The third-order valence-electron chi connectivity index (χ3n) is 3.18. The molecule has 0 fully saturated rings. The van der Waals surface area contributed by atoms with E-state index >= 15 is 0 Å². The van der Waals surface area contributed by atoms with E-state index in [0.717, 1.165) is 10.2 Å². The lowest BCUT2D eigenvalue weighted by molar-refractivity contribution is 0.0527. The van der Waals surface area contributed by atoms with Crippen molar-refractivity contribution in [2.45, 2.75) is 6.92 Å². The summed E-state index contributed by atoms with van der Waals surface area (Å²) in [6.45, 7) is 2.01. The lowest BCUT2D eigenvalue weighted by atomic mass is 10.1. The Morgan fingerprint density at radius 2 is 2.04 bits per heavy atom. The van der Waals surface area contributed by atoms with Crippen molar-refractivity contribution in [2.75, 3.05) is 11.9 Å². The zero-order valence-electron chi connectivity index (χ0n) is 12.3. The molecule has 0 aliphatic carbocycles. The van der Waals surface area contributed by atoms with Gasteiger partial charge in [-0.05, 0) is 48.8 Å². The second-order valence-electron chi connectivity index (χ2n) is 4.68. The van der Waals surface area contributed by atoms with Gasteiger partial charge in [-0.15, -0.1) is 5.10 Å². The topological polar surface area (TPSA) is 81.2 Å². The van der Waals surface area contributed by atoms with Crippen LogP contribution in [0.25, 0.3) is 10.2 Å². The van der Waals surface area contributed by atoms with Crippen molar-refractivity contribution in [1.29, 1.82) is 0 Å². The van der Waals surface area contributed by atoms with Crippen molar-refractivity contribution < 1.29 is 14.3 Å². The highest BCUT2D eigenvalue weighted by molar-refractivity contribution is 7.12. The molecule has 0 spiro atoms. The SMILES string of the molecule is CCOC(=O)c1ccccc1NC(=O)c1ccc2nnsc2c1. The number of carbonyl (C=O) groups is 2. The highest BCUT2D eigenvalue weighted by atomic mass is 32.1. The number of nitrogens with one attached hydrogen (secondary N) is 1. The average molecular weight is 327 g/mol. The number of ether oxygens (including phenoxy) is 1. The molecule has 2 aromatic carbocycles. The number of fused-ring (bicyclic) bond motifs is 1. The Morgan fingerprint density at radius 3 is 2.87 bits per heavy atom. The zero-order valence-corrected chi connectivity index (χ0v) is 13.1. The third kappa shape index (κ3) is 3.19. The molecule has 3 aromatic rings. The molecule has 0 saturated carbocycles. The van der Waals surface area contributed by atoms with Crippen LogP contribution in [0.2, 0.25) is 0 Å². The van der Waals surface area contributed by atoms with Gasteiger partial charge in [0.2, 0.25) is 0 Å². The first-order valence-corrected chi connectivity index (χ1v) is 7.76. The van der Waals surface area contributed by atoms with Gasteiger partial charge in [-0.2, -0.15) is 0 Å². The van der Waals surface area contributed by atoms with Gasteiger partial charge < -0.3 is 10.1 Å². The van der Waals surface area contributed by atoms with Gasteiger partial charge in [0.05, 0.1) is 22.6 Å². The molecule has 0 saturated heterocycles. The zero-order chi connectivity index (χ0) is 16.2. The Morgan fingerprint density at radius 1 is 1.22 bits per heavy atom. The maximum absolute atomic E-state index is 12.4. The number of aromatic nitrogens is 2. The number of amides is 1. The van der Waals surface area contributed by atoms with Gasteiger partial charge in [-0.25, -0.2) is 4.79 Å². The van der Waals surface area contributed by atoms with Crippen LogP contribution in [0.15, 0.2) is 42.5 Å². The summed E-state index contributed by atoms with van der Waals surface area (Å²) >= 11 is 1.22. The van der Waals surface area contributed by atoms with Crippen molar-refractivity contribution in [2.24, 2.45) is 0 Å². The fraction of sp³-hybridized carbons (Fsp3) is 0.125. The van der Waals surface area contributed by atoms with Crippen LogP contribution in [0, 0.1) is 0 Å². The van der Waals surface area contributed by atoms with E-state index in [0.29, 0.717) is 16.8 Å². The van der Waals surface area contributed by atoms with Gasteiger partial charge in [0.15, 0.2) is 0 Å². The highest BCUT2D eigenvalue weighted by Gasteiger charge is 2.15. The number of nitrogens with zero attached hydrogens (tertiary/aromatic N) is 2. The monoisotopic (exact) mass is 327 g/mol. The molecule has 0 aliphatic heterocycles. The molecule has 0 atom stereocenters. The van der Waals surface area contributed by atoms with Crippen LogP contribution in [-0.2, 0) is 4.74 Å². The molecule has 0 bridgehead atoms. The first kappa shape index (κ1) is 15.1. The van der Waals surface area contributed by atoms with E-state index in [4.69, 9.17) is 4.74 Å². The first-order valence-electron chi connectivity index (χ1n) is 6.98. The van der Waals surface area contributed by atoms with Crippen LogP contribution < -0.4 is 5.32 Å². The number of esters is 1. The summed E-state index contributed by atoms with van der Waals surface area (Å²) in [5.41, 5.74) is 1.96. The van der Waals surface area contributed by atoms with Gasteiger partial charge in [0.1, 0.15) is 5.52 Å². The number of hydrogen-bond donors (Lipinski definition) is 1. The van der Waals surface area contributed by atoms with E-state index in [1.165, 1.54) is 11.5 Å². The van der Waals surface area contributed by atoms with Gasteiger partial charge in [0, 0.05) is 5.56 Å². The van der Waals surface area contributed by atoms with E-state index in [2.05, 4.69) is 14.9 Å². The minimum absolute atomic E-state index is 0.274. The second-order valence-corrected chi connectivity index (χ2v) is 5.46. The number of rotatable bonds is 4. The molecular weight excluding hydrogens is 314 g/mol. The maximum Gasteiger partial charge on any atom is 0.340 e. The van der Waals surface area contributed by atoms with E-state index in [9.17, 15) is 9.59 Å². The van der Waals surface area contributed by atoms with Crippen molar-refractivity contribution in [1.82, 2.24) is 9.59 Å². The minimum atomic E-state index is -0.467. The van der Waals surface area contributed by atoms with E-state index in [1.54, 1.807) is 49.4 Å². The number of benzene rings is 2. The molecule has 7 heteroatoms. The molecule has 1 aromatic heterocycles. The second kappa shape index (κ2) is 6.53. The van der Waals surface area contributed by atoms with Crippen LogP contribution >= 0.6 is 11.5 Å². The molecule has 116 valence electrons. The predicted molar refractivity (Wildman–Crippen MR) is 87.8 cm³/mol. The Kier molecular flexibility index (Phi) is 4.29. The van der Waals surface area contributed by atoms with Crippen molar-refractivity contribution in [3.63, 3.8) is 0 Å². The van der Waals surface area contributed by atoms with Crippen LogP contribution in [0.3, 0.4) is 0 Å². The van der Waals surface area contributed by atoms with Crippen molar-refractivity contribution >= 4 is 39.3 Å². The van der Waals surface area contributed by atoms with Crippen LogP contribution in [0.1, 0.15) is 27.6 Å². The quantitative estimate of drug-likeness (QED) is 0.745. The fourth-order valence-electron chi connectivity index (χ4n) is 2.09. The van der Waals surface area contributed by atoms with Gasteiger partial charge in [-0.3, -0.25) is 4.79 Å². The molecule has 1 heterocycles. The molecule has 3 rings (SSSR count). The lowest BCUT2D eigenvalue weighted by Gasteiger charge is -2.10. The minimum Gasteiger partial charge on any atom is -0.462 e. The molecule has 0 unspecified atom stereocenters. The molecule has 23 heavy (non-hydrogen) atoms. The number of anilines is 1. The summed E-state index contributed by atoms with van der Waals surface area (Å²) in [5, 5.41) is 6.68. The molecule has 1 amide bonds. The van der Waals surface area contributed by atoms with E-state index < -0.39 is 5.97 Å². The van der Waals surface area contributed by atoms with Gasteiger partial charge in [0.25, 0.3) is 5.91 Å². The molecule has 6 nitrogen and oxygen atoms in total. The van der Waals surface area contributed by atoms with Crippen molar-refractivity contribution in [3.05, 3.63) is 53.6 Å². The summed E-state index contributed by atoms with van der Waals surface area (Å²) in [5.74, 6) is -0.775. The third-order valence-corrected chi connectivity index (χ3v) is 3.87. The molecule has 0 aliphatic rings. The van der Waals surface area contributed by atoms with E-state index in [-0.39, 0.29) is 12.5 Å². The molecule has 0 radical (unpaired) electrons. The Balaban J connectivity index is 1.86. The van der Waals surface area contributed by atoms with Crippen LogP contribution in [-0.4, -0.2) is 28.1 Å². The maximum atomic E-state index is 12.4. The Labute approximate surface area is 136 Å². The summed E-state index contributed by atoms with van der Waals surface area (Å²) in [6, 6.07) is 11.9. The highest BCUT2D eigenvalue weighted by Crippen LogP contribution is 2.20. The van der Waals surface area contributed by atoms with Crippen LogP contribution in [0.5, 0.6) is 0 Å². The number of carbonyl (C=O) groups excluding carboxylic acids is 2. The lowest BCUT2D eigenvalue weighted by Crippen LogP contribution is -2.15. The number of hydrogen-bond acceptors (Lipinski definition) is 6. The summed E-state index contributed by atoms with van der Waals surface area (Å²) < 4.78 is 9.67. The Bertz CT molecular complexity index is 876. The van der Waals surface area contributed by atoms with Gasteiger partial charge in [-0.1, -0.05) is 16.6 Å². The van der Waals surface area contributed by atoms with Gasteiger partial charge >= 0.3 is 5.97 Å². The van der Waals surface area contributed by atoms with E-state index in [1.807, 2.05) is 0 Å². The van der Waals surface area contributed by atoms with Crippen molar-refractivity contribution in [3.8, 4) is 0 Å². The average Bonchev–Trinajstić information content (AvgIpc) is 3.03. The van der Waals surface area contributed by atoms with Crippen LogP contribution in [0.4, 0.5) is 5.69 Å². The fourth-order valence-corrected chi connectivity index (χ4v) is 2.69. The number of para-hydroxylation sites is 1. The smallest absolute Gasteiger partial charge is 0.340 e. The Hall–Kier alpha value is -2.80. The summed E-state index contributed by atoms with van der Waals surface area (Å²) in [4.78, 5) is 24.3.